The highest BCUT2D eigenvalue weighted by Crippen LogP contribution is 2.27. The number of hydrogen-bond acceptors (Lipinski definition) is 5. The molecule has 0 radical (unpaired) electrons. The zero-order valence-corrected chi connectivity index (χ0v) is 13.9. The third-order valence-electron chi connectivity index (χ3n) is 3.20. The van der Waals surface area contributed by atoms with Crippen molar-refractivity contribution in [3.63, 3.8) is 0 Å². The summed E-state index contributed by atoms with van der Waals surface area (Å²) < 4.78 is 10.4. The molecule has 0 aromatic heterocycles. The summed E-state index contributed by atoms with van der Waals surface area (Å²) in [5.74, 6) is -0.256. The second-order valence-electron chi connectivity index (χ2n) is 5.69. The number of ether oxygens (including phenoxy) is 2. The predicted octanol–water partition coefficient (Wildman–Crippen LogP) is 0.250. The molecule has 2 amide bonds. The van der Waals surface area contributed by atoms with Crippen LogP contribution in [-0.2, 0) is 16.0 Å². The van der Waals surface area contributed by atoms with Gasteiger partial charge in [0.25, 0.3) is 0 Å². The van der Waals surface area contributed by atoms with E-state index in [9.17, 15) is 9.59 Å². The minimum Gasteiger partial charge on any atom is -0.493 e. The van der Waals surface area contributed by atoms with Crippen LogP contribution in [0.25, 0.3) is 0 Å². The van der Waals surface area contributed by atoms with Gasteiger partial charge in [0.15, 0.2) is 11.5 Å². The SMILES string of the molecule is COc1ccc(CCNC(=O)C(=O)NC(C)(C)CO)cc1OC. The second kappa shape index (κ2) is 8.38. The number of methoxy groups -OCH3 is 2. The van der Waals surface area contributed by atoms with E-state index in [0.717, 1.165) is 5.56 Å². The fourth-order valence-corrected chi connectivity index (χ4v) is 1.84. The van der Waals surface area contributed by atoms with Gasteiger partial charge >= 0.3 is 11.8 Å². The number of hydrogen-bond donors (Lipinski definition) is 3. The fraction of sp³-hybridized carbons (Fsp3) is 0.500. The van der Waals surface area contributed by atoms with Crippen molar-refractivity contribution in [2.24, 2.45) is 0 Å². The molecule has 0 unspecified atom stereocenters. The molecule has 1 aromatic carbocycles. The van der Waals surface area contributed by atoms with Crippen molar-refractivity contribution in [2.45, 2.75) is 25.8 Å². The topological polar surface area (TPSA) is 96.9 Å². The molecular weight excluding hydrogens is 300 g/mol. The maximum Gasteiger partial charge on any atom is 0.309 e. The number of benzene rings is 1. The highest BCUT2D eigenvalue weighted by molar-refractivity contribution is 6.35. The lowest BCUT2D eigenvalue weighted by atomic mass is 10.1. The Bertz CT molecular complexity index is 557. The van der Waals surface area contributed by atoms with E-state index in [2.05, 4.69) is 10.6 Å². The molecular formula is C16H24N2O5. The summed E-state index contributed by atoms with van der Waals surface area (Å²) in [5.41, 5.74) is 0.108. The van der Waals surface area contributed by atoms with Gasteiger partial charge in [0, 0.05) is 6.54 Å². The summed E-state index contributed by atoms with van der Waals surface area (Å²) in [5, 5.41) is 14.1. The molecule has 3 N–H and O–H groups in total. The van der Waals surface area contributed by atoms with E-state index in [1.54, 1.807) is 34.1 Å². The van der Waals surface area contributed by atoms with Gasteiger partial charge in [0.1, 0.15) is 0 Å². The minimum atomic E-state index is -0.836. The van der Waals surface area contributed by atoms with Crippen LogP contribution in [0.5, 0.6) is 11.5 Å². The quantitative estimate of drug-likeness (QED) is 0.625. The highest BCUT2D eigenvalue weighted by atomic mass is 16.5. The van der Waals surface area contributed by atoms with Gasteiger partial charge in [-0.15, -0.1) is 0 Å². The zero-order valence-electron chi connectivity index (χ0n) is 13.9. The molecule has 0 aliphatic carbocycles. The third kappa shape index (κ3) is 5.78. The van der Waals surface area contributed by atoms with Gasteiger partial charge in [-0.2, -0.15) is 0 Å². The van der Waals surface area contributed by atoms with Crippen LogP contribution in [0.4, 0.5) is 0 Å². The largest absolute Gasteiger partial charge is 0.493 e. The van der Waals surface area contributed by atoms with Crippen molar-refractivity contribution >= 4 is 11.8 Å². The molecule has 0 aliphatic rings. The molecule has 0 atom stereocenters. The summed E-state index contributed by atoms with van der Waals surface area (Å²) >= 11 is 0. The third-order valence-corrected chi connectivity index (χ3v) is 3.20. The van der Waals surface area contributed by atoms with Gasteiger partial charge in [-0.3, -0.25) is 9.59 Å². The molecule has 23 heavy (non-hydrogen) atoms. The van der Waals surface area contributed by atoms with Crippen LogP contribution < -0.4 is 20.1 Å². The number of carbonyl (C=O) groups excluding carboxylic acids is 2. The Balaban J connectivity index is 2.50. The van der Waals surface area contributed by atoms with Crippen LogP contribution in [0.15, 0.2) is 18.2 Å². The van der Waals surface area contributed by atoms with E-state index < -0.39 is 17.4 Å². The molecule has 0 fully saturated rings. The minimum absolute atomic E-state index is 0.252. The first kappa shape index (κ1) is 18.8. The van der Waals surface area contributed by atoms with Crippen molar-refractivity contribution in [3.05, 3.63) is 23.8 Å². The van der Waals surface area contributed by atoms with Crippen LogP contribution in [0, 0.1) is 0 Å². The molecule has 0 spiro atoms. The first-order chi connectivity index (χ1) is 10.8. The fourth-order valence-electron chi connectivity index (χ4n) is 1.84. The summed E-state index contributed by atoms with van der Waals surface area (Å²) in [6.45, 7) is 3.31. The second-order valence-corrected chi connectivity index (χ2v) is 5.69. The molecule has 7 heteroatoms. The predicted molar refractivity (Wildman–Crippen MR) is 85.6 cm³/mol. The van der Waals surface area contributed by atoms with E-state index >= 15 is 0 Å². The summed E-state index contributed by atoms with van der Waals surface area (Å²) in [4.78, 5) is 23.4. The monoisotopic (exact) mass is 324 g/mol. The lowest BCUT2D eigenvalue weighted by Crippen LogP contribution is -2.51. The number of aliphatic hydroxyl groups is 1. The van der Waals surface area contributed by atoms with Crippen LogP contribution in [0.3, 0.4) is 0 Å². The standard InChI is InChI=1S/C16H24N2O5/c1-16(2,10-19)18-15(21)14(20)17-8-7-11-5-6-12(22-3)13(9-11)23-4/h5-6,9,19H,7-8,10H2,1-4H3,(H,17,20)(H,18,21). The summed E-state index contributed by atoms with van der Waals surface area (Å²) in [6, 6.07) is 5.47. The number of nitrogens with one attached hydrogen (secondary N) is 2. The average molecular weight is 324 g/mol. The van der Waals surface area contributed by atoms with Gasteiger partial charge in [-0.05, 0) is 38.0 Å². The van der Waals surface area contributed by atoms with Crippen LogP contribution >= 0.6 is 0 Å². The zero-order chi connectivity index (χ0) is 17.5. The molecule has 1 aromatic rings. The van der Waals surface area contributed by atoms with Crippen molar-refractivity contribution in [1.82, 2.24) is 10.6 Å². The van der Waals surface area contributed by atoms with E-state index in [-0.39, 0.29) is 6.61 Å². The van der Waals surface area contributed by atoms with E-state index in [0.29, 0.717) is 24.5 Å². The molecule has 7 nitrogen and oxygen atoms in total. The van der Waals surface area contributed by atoms with Crippen molar-refractivity contribution < 1.29 is 24.2 Å². The molecule has 0 saturated carbocycles. The Morgan fingerprint density at radius 1 is 1.13 bits per heavy atom. The van der Waals surface area contributed by atoms with E-state index in [1.807, 2.05) is 12.1 Å². The lowest BCUT2D eigenvalue weighted by molar-refractivity contribution is -0.140. The Morgan fingerprint density at radius 3 is 2.35 bits per heavy atom. The highest BCUT2D eigenvalue weighted by Gasteiger charge is 2.23. The molecule has 0 heterocycles. The maximum atomic E-state index is 11.7. The molecule has 0 aliphatic heterocycles. The van der Waals surface area contributed by atoms with Crippen LogP contribution in [-0.4, -0.2) is 49.8 Å². The normalized spacial score (nSPS) is 10.8. The number of aliphatic hydroxyl groups excluding tert-OH is 1. The molecule has 0 saturated heterocycles. The van der Waals surface area contributed by atoms with Gasteiger partial charge in [-0.1, -0.05) is 6.07 Å². The average Bonchev–Trinajstić information content (AvgIpc) is 2.54. The van der Waals surface area contributed by atoms with Crippen molar-refractivity contribution in [2.75, 3.05) is 27.4 Å². The molecule has 1 rings (SSSR count). The summed E-state index contributed by atoms with van der Waals surface area (Å²) in [7, 11) is 3.11. The first-order valence-corrected chi connectivity index (χ1v) is 7.25. The van der Waals surface area contributed by atoms with Gasteiger partial charge in [-0.25, -0.2) is 0 Å². The number of carbonyl (C=O) groups is 2. The number of amides is 2. The Hall–Kier alpha value is -2.28. The summed E-state index contributed by atoms with van der Waals surface area (Å²) in [6.07, 6.45) is 0.544. The lowest BCUT2D eigenvalue weighted by Gasteiger charge is -2.22. The Labute approximate surface area is 136 Å². The Kier molecular flexibility index (Phi) is 6.84. The van der Waals surface area contributed by atoms with Gasteiger partial charge in [0.05, 0.1) is 26.4 Å². The van der Waals surface area contributed by atoms with E-state index in [1.165, 1.54) is 0 Å². The Morgan fingerprint density at radius 2 is 1.78 bits per heavy atom. The van der Waals surface area contributed by atoms with Gasteiger partial charge in [0.2, 0.25) is 0 Å². The van der Waals surface area contributed by atoms with Gasteiger partial charge < -0.3 is 25.2 Å². The smallest absolute Gasteiger partial charge is 0.309 e. The number of rotatable bonds is 7. The molecule has 0 bridgehead atoms. The van der Waals surface area contributed by atoms with Crippen LogP contribution in [0.1, 0.15) is 19.4 Å². The molecule has 128 valence electrons. The van der Waals surface area contributed by atoms with Crippen LogP contribution in [0.2, 0.25) is 0 Å². The van der Waals surface area contributed by atoms with E-state index in [4.69, 9.17) is 14.6 Å². The van der Waals surface area contributed by atoms with Crippen molar-refractivity contribution in [1.29, 1.82) is 0 Å². The first-order valence-electron chi connectivity index (χ1n) is 7.25. The van der Waals surface area contributed by atoms with Crippen molar-refractivity contribution in [3.8, 4) is 11.5 Å². The maximum absolute atomic E-state index is 11.7.